The van der Waals surface area contributed by atoms with E-state index in [2.05, 4.69) is 58.7 Å². The van der Waals surface area contributed by atoms with E-state index in [1.165, 1.54) is 17.5 Å². The minimum absolute atomic E-state index is 0.840. The molecule has 1 aromatic heterocycles. The van der Waals surface area contributed by atoms with E-state index in [1.807, 2.05) is 12.1 Å². The van der Waals surface area contributed by atoms with E-state index in [9.17, 15) is 0 Å². The summed E-state index contributed by atoms with van der Waals surface area (Å²) in [6.07, 6.45) is 4.29. The van der Waals surface area contributed by atoms with Crippen molar-refractivity contribution in [3.8, 4) is 5.69 Å². The van der Waals surface area contributed by atoms with Gasteiger partial charge in [-0.15, -0.1) is 0 Å². The van der Waals surface area contributed by atoms with Gasteiger partial charge >= 0.3 is 0 Å². The first-order valence-corrected chi connectivity index (χ1v) is 7.12. The standard InChI is InChI=1S/C17H18N4/c1-2-14-5-3-4-6-15(14)11-19-16-7-9-17(10-8-16)21-13-18-12-20-21/h3-10,12-13,19H,2,11H2,1H3. The summed E-state index contributed by atoms with van der Waals surface area (Å²) in [5, 5.41) is 7.58. The van der Waals surface area contributed by atoms with Crippen molar-refractivity contribution >= 4 is 5.69 Å². The Labute approximate surface area is 124 Å². The van der Waals surface area contributed by atoms with Gasteiger partial charge in [-0.2, -0.15) is 5.10 Å². The molecule has 2 aromatic carbocycles. The van der Waals surface area contributed by atoms with Crippen LogP contribution in [-0.4, -0.2) is 14.8 Å². The predicted molar refractivity (Wildman–Crippen MR) is 84.5 cm³/mol. The number of rotatable bonds is 5. The summed E-state index contributed by atoms with van der Waals surface area (Å²) in [4.78, 5) is 3.95. The van der Waals surface area contributed by atoms with Crippen molar-refractivity contribution < 1.29 is 0 Å². The number of aryl methyl sites for hydroxylation is 1. The van der Waals surface area contributed by atoms with Crippen LogP contribution in [0.2, 0.25) is 0 Å². The van der Waals surface area contributed by atoms with Gasteiger partial charge in [0.1, 0.15) is 12.7 Å². The monoisotopic (exact) mass is 278 g/mol. The van der Waals surface area contributed by atoms with Gasteiger partial charge in [0.2, 0.25) is 0 Å². The Bertz CT molecular complexity index is 687. The molecule has 0 atom stereocenters. The molecule has 3 rings (SSSR count). The van der Waals surface area contributed by atoms with Crippen LogP contribution in [0.25, 0.3) is 5.69 Å². The zero-order valence-electron chi connectivity index (χ0n) is 12.0. The Hall–Kier alpha value is -2.62. The second-order valence-corrected chi connectivity index (χ2v) is 4.86. The maximum absolute atomic E-state index is 4.12. The van der Waals surface area contributed by atoms with E-state index >= 15 is 0 Å². The third-order valence-corrected chi connectivity index (χ3v) is 3.53. The van der Waals surface area contributed by atoms with Gasteiger partial charge in [0, 0.05) is 12.2 Å². The molecule has 106 valence electrons. The van der Waals surface area contributed by atoms with Crippen molar-refractivity contribution in [2.45, 2.75) is 19.9 Å². The Morgan fingerprint density at radius 2 is 1.76 bits per heavy atom. The molecule has 4 nitrogen and oxygen atoms in total. The molecule has 0 saturated heterocycles. The summed E-state index contributed by atoms with van der Waals surface area (Å²) in [6, 6.07) is 16.7. The number of hydrogen-bond acceptors (Lipinski definition) is 3. The highest BCUT2D eigenvalue weighted by Gasteiger charge is 2.01. The first-order valence-electron chi connectivity index (χ1n) is 7.12. The molecule has 0 saturated carbocycles. The van der Waals surface area contributed by atoms with Crippen molar-refractivity contribution in [3.63, 3.8) is 0 Å². The van der Waals surface area contributed by atoms with E-state index in [0.717, 1.165) is 24.3 Å². The number of nitrogens with zero attached hydrogens (tertiary/aromatic N) is 3. The molecular weight excluding hydrogens is 260 g/mol. The SMILES string of the molecule is CCc1ccccc1CNc1ccc(-n2cncn2)cc1. The molecule has 0 aliphatic rings. The highest BCUT2D eigenvalue weighted by Crippen LogP contribution is 2.15. The lowest BCUT2D eigenvalue weighted by Crippen LogP contribution is -2.02. The van der Waals surface area contributed by atoms with E-state index < -0.39 is 0 Å². The Kier molecular flexibility index (Phi) is 3.96. The number of benzene rings is 2. The molecular formula is C17H18N4. The Balaban J connectivity index is 1.68. The normalized spacial score (nSPS) is 10.5. The highest BCUT2D eigenvalue weighted by atomic mass is 15.3. The molecule has 0 radical (unpaired) electrons. The summed E-state index contributed by atoms with van der Waals surface area (Å²) in [5.74, 6) is 0. The molecule has 0 amide bonds. The minimum Gasteiger partial charge on any atom is -0.381 e. The third-order valence-electron chi connectivity index (χ3n) is 3.53. The molecule has 0 spiro atoms. The van der Waals surface area contributed by atoms with Gasteiger partial charge in [-0.05, 0) is 41.8 Å². The van der Waals surface area contributed by atoms with Gasteiger partial charge in [0.15, 0.2) is 0 Å². The quantitative estimate of drug-likeness (QED) is 0.777. The fourth-order valence-electron chi connectivity index (χ4n) is 2.35. The Morgan fingerprint density at radius 1 is 1.00 bits per heavy atom. The average molecular weight is 278 g/mol. The number of anilines is 1. The van der Waals surface area contributed by atoms with Crippen molar-refractivity contribution in [2.24, 2.45) is 0 Å². The van der Waals surface area contributed by atoms with Crippen molar-refractivity contribution in [3.05, 3.63) is 72.3 Å². The maximum Gasteiger partial charge on any atom is 0.138 e. The van der Waals surface area contributed by atoms with Crippen LogP contribution >= 0.6 is 0 Å². The number of hydrogen-bond donors (Lipinski definition) is 1. The number of nitrogens with one attached hydrogen (secondary N) is 1. The lowest BCUT2D eigenvalue weighted by atomic mass is 10.1. The van der Waals surface area contributed by atoms with E-state index in [1.54, 1.807) is 11.0 Å². The smallest absolute Gasteiger partial charge is 0.138 e. The van der Waals surface area contributed by atoms with Crippen LogP contribution in [0, 0.1) is 0 Å². The van der Waals surface area contributed by atoms with Gasteiger partial charge < -0.3 is 5.32 Å². The van der Waals surface area contributed by atoms with Gasteiger partial charge in [-0.1, -0.05) is 31.2 Å². The zero-order chi connectivity index (χ0) is 14.5. The molecule has 1 heterocycles. The van der Waals surface area contributed by atoms with Crippen LogP contribution in [0.15, 0.2) is 61.2 Å². The summed E-state index contributed by atoms with van der Waals surface area (Å²) in [6.45, 7) is 3.03. The van der Waals surface area contributed by atoms with Crippen LogP contribution in [0.3, 0.4) is 0 Å². The molecule has 0 aliphatic heterocycles. The van der Waals surface area contributed by atoms with E-state index in [0.29, 0.717) is 0 Å². The second-order valence-electron chi connectivity index (χ2n) is 4.86. The molecule has 0 bridgehead atoms. The lowest BCUT2D eigenvalue weighted by molar-refractivity contribution is 0.879. The largest absolute Gasteiger partial charge is 0.381 e. The summed E-state index contributed by atoms with van der Waals surface area (Å²) in [7, 11) is 0. The van der Waals surface area contributed by atoms with E-state index in [-0.39, 0.29) is 0 Å². The molecule has 0 aliphatic carbocycles. The fourth-order valence-corrected chi connectivity index (χ4v) is 2.35. The predicted octanol–water partition coefficient (Wildman–Crippen LogP) is 3.44. The van der Waals surface area contributed by atoms with Crippen LogP contribution in [-0.2, 0) is 13.0 Å². The summed E-state index contributed by atoms with van der Waals surface area (Å²) in [5.41, 5.74) is 4.85. The molecule has 3 aromatic rings. The van der Waals surface area contributed by atoms with Gasteiger partial charge in [-0.3, -0.25) is 0 Å². The summed E-state index contributed by atoms with van der Waals surface area (Å²) < 4.78 is 1.75. The average Bonchev–Trinajstić information content (AvgIpc) is 3.08. The first kappa shape index (κ1) is 13.4. The second kappa shape index (κ2) is 6.22. The fraction of sp³-hybridized carbons (Fsp3) is 0.176. The molecule has 4 heteroatoms. The topological polar surface area (TPSA) is 42.7 Å². The van der Waals surface area contributed by atoms with Crippen molar-refractivity contribution in [1.82, 2.24) is 14.8 Å². The van der Waals surface area contributed by atoms with Crippen LogP contribution in [0.4, 0.5) is 5.69 Å². The van der Waals surface area contributed by atoms with Gasteiger partial charge in [0.05, 0.1) is 5.69 Å². The highest BCUT2D eigenvalue weighted by molar-refractivity contribution is 5.49. The Morgan fingerprint density at radius 3 is 2.43 bits per heavy atom. The number of aromatic nitrogens is 3. The minimum atomic E-state index is 0.840. The van der Waals surface area contributed by atoms with Gasteiger partial charge in [0.25, 0.3) is 0 Å². The van der Waals surface area contributed by atoms with Crippen LogP contribution in [0.5, 0.6) is 0 Å². The van der Waals surface area contributed by atoms with Crippen LogP contribution < -0.4 is 5.32 Å². The lowest BCUT2D eigenvalue weighted by Gasteiger charge is -2.10. The van der Waals surface area contributed by atoms with Crippen LogP contribution in [0.1, 0.15) is 18.1 Å². The maximum atomic E-state index is 4.12. The molecule has 0 fully saturated rings. The zero-order valence-corrected chi connectivity index (χ0v) is 12.0. The third kappa shape index (κ3) is 3.11. The molecule has 1 N–H and O–H groups in total. The summed E-state index contributed by atoms with van der Waals surface area (Å²) >= 11 is 0. The first-order chi connectivity index (χ1) is 10.4. The van der Waals surface area contributed by atoms with Crippen molar-refractivity contribution in [2.75, 3.05) is 5.32 Å². The molecule has 0 unspecified atom stereocenters. The molecule has 21 heavy (non-hydrogen) atoms. The van der Waals surface area contributed by atoms with E-state index in [4.69, 9.17) is 0 Å². The van der Waals surface area contributed by atoms with Crippen molar-refractivity contribution in [1.29, 1.82) is 0 Å². The van der Waals surface area contributed by atoms with Gasteiger partial charge in [-0.25, -0.2) is 9.67 Å².